The highest BCUT2D eigenvalue weighted by atomic mass is 15.1. The van der Waals surface area contributed by atoms with Crippen molar-refractivity contribution in [1.82, 2.24) is 19.5 Å². The predicted octanol–water partition coefficient (Wildman–Crippen LogP) is 0.0444. The second kappa shape index (κ2) is 3.55. The minimum Gasteiger partial charge on any atom is -0.368 e. The highest BCUT2D eigenvalue weighted by Crippen LogP contribution is 2.16. The summed E-state index contributed by atoms with van der Waals surface area (Å²) >= 11 is 0. The average Bonchev–Trinajstić information content (AvgIpc) is 2.26. The molecule has 0 unspecified atom stereocenters. The van der Waals surface area contributed by atoms with Gasteiger partial charge in [-0.15, -0.1) is 0 Å². The molecule has 0 aromatic carbocycles. The number of nitrogens with zero attached hydrogens (tertiary/aromatic N) is 5. The van der Waals surface area contributed by atoms with Gasteiger partial charge in [0.25, 0.3) is 0 Å². The summed E-state index contributed by atoms with van der Waals surface area (Å²) in [6, 6.07) is 0. The molecular formula is C10H14N6. The van der Waals surface area contributed by atoms with Crippen LogP contribution < -0.4 is 11.2 Å². The minimum absolute atomic E-state index is 0.216. The van der Waals surface area contributed by atoms with Crippen LogP contribution in [-0.2, 0) is 7.05 Å². The van der Waals surface area contributed by atoms with E-state index in [1.165, 1.54) is 0 Å². The van der Waals surface area contributed by atoms with Crippen LogP contribution in [0, 0.1) is 13.8 Å². The Bertz CT molecular complexity index is 583. The van der Waals surface area contributed by atoms with Crippen LogP contribution in [-0.4, -0.2) is 26.6 Å². The Labute approximate surface area is 93.3 Å². The fraction of sp³-hybridized carbons (Fsp3) is 0.400. The molecule has 0 saturated heterocycles. The van der Waals surface area contributed by atoms with Crippen molar-refractivity contribution in [2.45, 2.75) is 13.8 Å². The zero-order valence-corrected chi connectivity index (χ0v) is 9.81. The number of hydrogen-bond donors (Lipinski definition) is 1. The van der Waals surface area contributed by atoms with Gasteiger partial charge >= 0.3 is 0 Å². The van der Waals surface area contributed by atoms with Crippen LogP contribution in [0.15, 0.2) is 4.99 Å². The third kappa shape index (κ3) is 1.42. The van der Waals surface area contributed by atoms with Gasteiger partial charge in [-0.05, 0) is 13.8 Å². The number of anilines is 1. The van der Waals surface area contributed by atoms with Crippen LogP contribution in [0.4, 0.5) is 5.95 Å². The second-order valence-electron chi connectivity index (χ2n) is 3.64. The maximum Gasteiger partial charge on any atom is 0.224 e. The smallest absolute Gasteiger partial charge is 0.224 e. The highest BCUT2D eigenvalue weighted by molar-refractivity contribution is 5.52. The van der Waals surface area contributed by atoms with Gasteiger partial charge in [0.15, 0.2) is 17.0 Å². The SMILES string of the molecule is CN=c1nc(N)nc2n(C)c(C)c(C)nc1-2. The third-order valence-corrected chi connectivity index (χ3v) is 2.70. The Balaban J connectivity index is 3.00. The molecule has 0 atom stereocenters. The molecule has 6 nitrogen and oxygen atoms in total. The first-order chi connectivity index (χ1) is 7.54. The zero-order valence-electron chi connectivity index (χ0n) is 9.81. The lowest BCUT2D eigenvalue weighted by Crippen LogP contribution is -2.23. The lowest BCUT2D eigenvalue weighted by atomic mass is 10.3. The van der Waals surface area contributed by atoms with Crippen molar-refractivity contribution in [1.29, 1.82) is 0 Å². The summed E-state index contributed by atoms with van der Waals surface area (Å²) in [5.41, 5.74) is 8.83. The topological polar surface area (TPSA) is 82.0 Å². The summed E-state index contributed by atoms with van der Waals surface area (Å²) in [4.78, 5) is 16.8. The number of nitrogen functional groups attached to an aromatic ring is 1. The monoisotopic (exact) mass is 218 g/mol. The van der Waals surface area contributed by atoms with Gasteiger partial charge in [-0.1, -0.05) is 0 Å². The van der Waals surface area contributed by atoms with Crippen LogP contribution in [0.1, 0.15) is 11.4 Å². The molecule has 0 bridgehead atoms. The van der Waals surface area contributed by atoms with Gasteiger partial charge in [-0.3, -0.25) is 4.99 Å². The van der Waals surface area contributed by atoms with Crippen LogP contribution in [0.3, 0.4) is 0 Å². The zero-order chi connectivity index (χ0) is 11.9. The lowest BCUT2D eigenvalue weighted by molar-refractivity contribution is 0.791. The molecule has 2 N–H and O–H groups in total. The van der Waals surface area contributed by atoms with Gasteiger partial charge in [-0.2, -0.15) is 9.97 Å². The van der Waals surface area contributed by atoms with Crippen LogP contribution in [0.2, 0.25) is 0 Å². The molecule has 0 radical (unpaired) electrons. The van der Waals surface area contributed by atoms with E-state index in [0.717, 1.165) is 11.4 Å². The van der Waals surface area contributed by atoms with Crippen molar-refractivity contribution in [2.75, 3.05) is 12.8 Å². The molecule has 16 heavy (non-hydrogen) atoms. The summed E-state index contributed by atoms with van der Waals surface area (Å²) in [5.74, 6) is 0.921. The van der Waals surface area contributed by atoms with E-state index >= 15 is 0 Å². The van der Waals surface area contributed by atoms with Crippen molar-refractivity contribution < 1.29 is 0 Å². The number of nitrogens with two attached hydrogens (primary N) is 1. The Hall–Kier alpha value is -1.98. The summed E-state index contributed by atoms with van der Waals surface area (Å²) in [6.45, 7) is 3.94. The van der Waals surface area contributed by atoms with Crippen molar-refractivity contribution in [3.63, 3.8) is 0 Å². The van der Waals surface area contributed by atoms with Gasteiger partial charge < -0.3 is 10.3 Å². The number of aryl methyl sites for hydroxylation is 1. The van der Waals surface area contributed by atoms with Gasteiger partial charge in [0.05, 0.1) is 5.69 Å². The molecule has 0 saturated carbocycles. The van der Waals surface area contributed by atoms with E-state index in [2.05, 4.69) is 19.9 Å². The second-order valence-corrected chi connectivity index (χ2v) is 3.64. The van der Waals surface area contributed by atoms with Gasteiger partial charge in [0.2, 0.25) is 5.95 Å². The van der Waals surface area contributed by atoms with Crippen molar-refractivity contribution in [3.05, 3.63) is 16.9 Å². The van der Waals surface area contributed by atoms with Gasteiger partial charge in [0.1, 0.15) is 0 Å². The van der Waals surface area contributed by atoms with Crippen LogP contribution in [0.5, 0.6) is 0 Å². The number of fused-ring (bicyclic) bond motifs is 1. The molecule has 2 aliphatic heterocycles. The summed E-state index contributed by atoms with van der Waals surface area (Å²) in [5, 5.41) is 0. The van der Waals surface area contributed by atoms with E-state index in [0.29, 0.717) is 17.0 Å². The first-order valence-electron chi connectivity index (χ1n) is 4.95. The molecular weight excluding hydrogens is 204 g/mol. The Kier molecular flexibility index (Phi) is 2.34. The van der Waals surface area contributed by atoms with Crippen LogP contribution in [0.25, 0.3) is 11.5 Å². The lowest BCUT2D eigenvalue weighted by Gasteiger charge is -2.15. The number of hydrogen-bond acceptors (Lipinski definition) is 5. The highest BCUT2D eigenvalue weighted by Gasteiger charge is 2.15. The van der Waals surface area contributed by atoms with E-state index < -0.39 is 0 Å². The molecule has 0 amide bonds. The summed E-state index contributed by atoms with van der Waals surface area (Å²) in [7, 11) is 3.59. The van der Waals surface area contributed by atoms with Crippen LogP contribution >= 0.6 is 0 Å². The summed E-state index contributed by atoms with van der Waals surface area (Å²) in [6.07, 6.45) is 0. The van der Waals surface area contributed by atoms with E-state index in [1.807, 2.05) is 25.5 Å². The predicted molar refractivity (Wildman–Crippen MR) is 60.8 cm³/mol. The van der Waals surface area contributed by atoms with Crippen molar-refractivity contribution >= 4 is 5.95 Å². The Morgan fingerprint density at radius 1 is 1.19 bits per heavy atom. The molecule has 2 rings (SSSR count). The molecule has 2 heterocycles. The first kappa shape index (κ1) is 10.5. The maximum atomic E-state index is 5.63. The van der Waals surface area contributed by atoms with Crippen molar-refractivity contribution in [3.8, 4) is 11.5 Å². The minimum atomic E-state index is 0.216. The molecule has 0 aromatic heterocycles. The quantitative estimate of drug-likeness (QED) is 0.677. The Morgan fingerprint density at radius 2 is 1.88 bits per heavy atom. The van der Waals surface area contributed by atoms with Crippen molar-refractivity contribution in [2.24, 2.45) is 12.0 Å². The average molecular weight is 218 g/mol. The molecule has 84 valence electrons. The number of aromatic nitrogens is 4. The van der Waals surface area contributed by atoms with Gasteiger partial charge in [0, 0.05) is 19.8 Å². The van der Waals surface area contributed by atoms with E-state index in [-0.39, 0.29) is 5.95 Å². The fourth-order valence-electron chi connectivity index (χ4n) is 1.59. The van der Waals surface area contributed by atoms with E-state index in [1.54, 1.807) is 7.05 Å². The molecule has 6 heteroatoms. The maximum absolute atomic E-state index is 5.63. The molecule has 0 fully saturated rings. The molecule has 0 spiro atoms. The third-order valence-electron chi connectivity index (χ3n) is 2.70. The largest absolute Gasteiger partial charge is 0.368 e. The van der Waals surface area contributed by atoms with Gasteiger partial charge in [-0.25, -0.2) is 4.98 Å². The Morgan fingerprint density at radius 3 is 2.50 bits per heavy atom. The standard InChI is InChI=1S/C10H14N6/c1-5-6(2)16(4)9-7(13-5)8(12-3)14-10(11)15-9/h1-4H3,(H2,11,12,14). The molecule has 0 aliphatic carbocycles. The molecule has 0 aromatic rings. The fourth-order valence-corrected chi connectivity index (χ4v) is 1.59. The normalized spacial score (nSPS) is 12.4. The molecule has 2 aliphatic rings. The van der Waals surface area contributed by atoms with E-state index in [4.69, 9.17) is 5.73 Å². The number of rotatable bonds is 0. The first-order valence-corrected chi connectivity index (χ1v) is 4.95. The summed E-state index contributed by atoms with van der Waals surface area (Å²) < 4.78 is 1.95. The van der Waals surface area contributed by atoms with E-state index in [9.17, 15) is 0 Å².